The molecule has 0 aromatic heterocycles. The van der Waals surface area contributed by atoms with E-state index in [-0.39, 0.29) is 25.2 Å². The van der Waals surface area contributed by atoms with Crippen molar-refractivity contribution < 1.29 is 24.2 Å². The van der Waals surface area contributed by atoms with Crippen LogP contribution >= 0.6 is 0 Å². The Balaban J connectivity index is 3.47. The molecule has 0 amide bonds. The van der Waals surface area contributed by atoms with Gasteiger partial charge in [-0.1, -0.05) is 218 Å². The van der Waals surface area contributed by atoms with Crippen LogP contribution in [0.15, 0.2) is 24.3 Å². The number of ether oxygens (including phenoxy) is 2. The fraction of sp³-hybridized carbons (Fsp3) is 0.875. The summed E-state index contributed by atoms with van der Waals surface area (Å²) < 4.78 is 10.6. The Labute approximate surface area is 330 Å². The van der Waals surface area contributed by atoms with Crippen molar-refractivity contribution in [2.45, 2.75) is 258 Å². The van der Waals surface area contributed by atoms with Crippen LogP contribution in [0.2, 0.25) is 0 Å². The standard InChI is InChI=1S/C48H90O5/c1-3-5-7-9-11-13-15-17-19-20-21-22-23-24-25-26-27-28-29-31-33-35-37-39-41-43-48(51)53-46(44-49)45-52-47(50)42-40-38-36-34-32-30-18-16-14-12-10-8-6-4-2/h15,17,20-21,46,49H,3-14,16,18-19,22-45H2,1-2H3/b17-15-,21-20-. The van der Waals surface area contributed by atoms with E-state index in [1.165, 1.54) is 180 Å². The van der Waals surface area contributed by atoms with Crippen LogP contribution in [0, 0.1) is 0 Å². The Hall–Kier alpha value is -1.62. The molecule has 0 rings (SSSR count). The average molecular weight is 747 g/mol. The number of rotatable bonds is 43. The van der Waals surface area contributed by atoms with Gasteiger partial charge in [-0.25, -0.2) is 0 Å². The van der Waals surface area contributed by atoms with Crippen LogP contribution in [0.3, 0.4) is 0 Å². The summed E-state index contributed by atoms with van der Waals surface area (Å²) >= 11 is 0. The van der Waals surface area contributed by atoms with Crippen LogP contribution in [0.5, 0.6) is 0 Å². The van der Waals surface area contributed by atoms with Gasteiger partial charge >= 0.3 is 11.9 Å². The lowest BCUT2D eigenvalue weighted by Gasteiger charge is -2.15. The molecule has 0 aromatic rings. The van der Waals surface area contributed by atoms with E-state index >= 15 is 0 Å². The molecule has 1 atom stereocenters. The molecule has 0 saturated carbocycles. The maximum atomic E-state index is 12.2. The molecule has 312 valence electrons. The van der Waals surface area contributed by atoms with E-state index in [1.54, 1.807) is 0 Å². The molecular weight excluding hydrogens is 657 g/mol. The number of aliphatic hydroxyl groups is 1. The number of carbonyl (C=O) groups is 2. The number of unbranched alkanes of at least 4 members (excludes halogenated alkanes) is 31. The summed E-state index contributed by atoms with van der Waals surface area (Å²) in [6.45, 7) is 4.15. The predicted octanol–water partition coefficient (Wildman–Crippen LogP) is 15.0. The van der Waals surface area contributed by atoms with Crippen LogP contribution in [0.25, 0.3) is 0 Å². The summed E-state index contributed by atoms with van der Waals surface area (Å²) in [4.78, 5) is 24.3. The molecular formula is C48H90O5. The van der Waals surface area contributed by atoms with E-state index in [1.807, 2.05) is 0 Å². The first-order valence-corrected chi connectivity index (χ1v) is 23.4. The van der Waals surface area contributed by atoms with E-state index in [2.05, 4.69) is 38.2 Å². The van der Waals surface area contributed by atoms with Gasteiger partial charge in [0.25, 0.3) is 0 Å². The number of hydrogen-bond acceptors (Lipinski definition) is 5. The second-order valence-electron chi connectivity index (χ2n) is 15.8. The lowest BCUT2D eigenvalue weighted by Crippen LogP contribution is -2.28. The van der Waals surface area contributed by atoms with Gasteiger partial charge in [0.15, 0.2) is 6.10 Å². The van der Waals surface area contributed by atoms with Gasteiger partial charge in [0, 0.05) is 12.8 Å². The fourth-order valence-corrected chi connectivity index (χ4v) is 6.94. The molecule has 0 heterocycles. The molecule has 0 fully saturated rings. The molecule has 0 saturated heterocycles. The number of allylic oxidation sites excluding steroid dienone is 4. The zero-order valence-electron chi connectivity index (χ0n) is 35.5. The topological polar surface area (TPSA) is 72.8 Å². The van der Waals surface area contributed by atoms with Crippen molar-refractivity contribution in [3.63, 3.8) is 0 Å². The highest BCUT2D eigenvalue weighted by Crippen LogP contribution is 2.16. The molecule has 5 nitrogen and oxygen atoms in total. The summed E-state index contributed by atoms with van der Waals surface area (Å²) in [5, 5.41) is 9.59. The normalized spacial score (nSPS) is 12.3. The van der Waals surface area contributed by atoms with Crippen molar-refractivity contribution in [3.8, 4) is 0 Å². The molecule has 0 aliphatic rings. The zero-order chi connectivity index (χ0) is 38.6. The zero-order valence-corrected chi connectivity index (χ0v) is 35.5. The van der Waals surface area contributed by atoms with Gasteiger partial charge in [-0.2, -0.15) is 0 Å². The lowest BCUT2D eigenvalue weighted by atomic mass is 10.0. The number of hydrogen-bond donors (Lipinski definition) is 1. The number of aliphatic hydroxyl groups excluding tert-OH is 1. The molecule has 0 radical (unpaired) electrons. The van der Waals surface area contributed by atoms with E-state index < -0.39 is 6.10 Å². The molecule has 0 bridgehead atoms. The van der Waals surface area contributed by atoms with Crippen LogP contribution in [-0.2, 0) is 19.1 Å². The third kappa shape index (κ3) is 43.0. The van der Waals surface area contributed by atoms with Crippen LogP contribution in [0.4, 0.5) is 0 Å². The first-order valence-electron chi connectivity index (χ1n) is 23.4. The Kier molecular flexibility index (Phi) is 43.4. The molecule has 0 spiro atoms. The fourth-order valence-electron chi connectivity index (χ4n) is 6.94. The second-order valence-corrected chi connectivity index (χ2v) is 15.8. The summed E-state index contributed by atoms with van der Waals surface area (Å²) in [5.74, 6) is -0.579. The predicted molar refractivity (Wildman–Crippen MR) is 228 cm³/mol. The van der Waals surface area contributed by atoms with E-state index in [0.717, 1.165) is 44.9 Å². The summed E-state index contributed by atoms with van der Waals surface area (Å²) in [6.07, 6.45) is 54.0. The molecule has 0 aliphatic carbocycles. The SMILES string of the molecule is CCCCCCC/C=C\C/C=C\CCCCCCCCCCCCCCCC(=O)OC(CO)COC(=O)CCCCCCCCCCCCCCCC. The van der Waals surface area contributed by atoms with Gasteiger partial charge < -0.3 is 14.6 Å². The molecule has 5 heteroatoms. The van der Waals surface area contributed by atoms with E-state index in [0.29, 0.717) is 12.8 Å². The second kappa shape index (κ2) is 44.8. The van der Waals surface area contributed by atoms with Crippen LogP contribution < -0.4 is 0 Å². The first-order chi connectivity index (χ1) is 26.1. The van der Waals surface area contributed by atoms with E-state index in [4.69, 9.17) is 9.47 Å². The Bertz CT molecular complexity index is 806. The highest BCUT2D eigenvalue weighted by atomic mass is 16.6. The average Bonchev–Trinajstić information content (AvgIpc) is 3.16. The number of carbonyl (C=O) groups excluding carboxylic acids is 2. The first kappa shape index (κ1) is 51.4. The molecule has 1 N–H and O–H groups in total. The molecule has 1 unspecified atom stereocenters. The van der Waals surface area contributed by atoms with Crippen molar-refractivity contribution in [2.24, 2.45) is 0 Å². The molecule has 53 heavy (non-hydrogen) atoms. The third-order valence-electron chi connectivity index (χ3n) is 10.5. The van der Waals surface area contributed by atoms with Crippen molar-refractivity contribution >= 4 is 11.9 Å². The highest BCUT2D eigenvalue weighted by Gasteiger charge is 2.16. The minimum absolute atomic E-state index is 0.0606. The maximum absolute atomic E-state index is 12.2. The minimum atomic E-state index is -0.767. The summed E-state index contributed by atoms with van der Waals surface area (Å²) in [5.41, 5.74) is 0. The minimum Gasteiger partial charge on any atom is -0.462 e. The number of esters is 2. The van der Waals surface area contributed by atoms with Crippen LogP contribution in [0.1, 0.15) is 251 Å². The van der Waals surface area contributed by atoms with E-state index in [9.17, 15) is 14.7 Å². The van der Waals surface area contributed by atoms with Gasteiger partial charge in [-0.15, -0.1) is 0 Å². The maximum Gasteiger partial charge on any atom is 0.306 e. The Morgan fingerprint density at radius 2 is 0.755 bits per heavy atom. The van der Waals surface area contributed by atoms with Crippen molar-refractivity contribution in [3.05, 3.63) is 24.3 Å². The largest absolute Gasteiger partial charge is 0.462 e. The van der Waals surface area contributed by atoms with Gasteiger partial charge in [-0.05, 0) is 44.9 Å². The summed E-state index contributed by atoms with van der Waals surface area (Å²) in [6, 6.07) is 0. The van der Waals surface area contributed by atoms with Gasteiger partial charge in [0.2, 0.25) is 0 Å². The Morgan fingerprint density at radius 1 is 0.434 bits per heavy atom. The quantitative estimate of drug-likeness (QED) is 0.0382. The van der Waals surface area contributed by atoms with Gasteiger partial charge in [0.1, 0.15) is 6.61 Å². The summed E-state index contributed by atoms with van der Waals surface area (Å²) in [7, 11) is 0. The molecule has 0 aliphatic heterocycles. The van der Waals surface area contributed by atoms with Crippen molar-refractivity contribution in [1.29, 1.82) is 0 Å². The third-order valence-corrected chi connectivity index (χ3v) is 10.5. The lowest BCUT2D eigenvalue weighted by molar-refractivity contribution is -0.161. The monoisotopic (exact) mass is 747 g/mol. The highest BCUT2D eigenvalue weighted by molar-refractivity contribution is 5.70. The van der Waals surface area contributed by atoms with Gasteiger partial charge in [-0.3, -0.25) is 9.59 Å². The van der Waals surface area contributed by atoms with Crippen molar-refractivity contribution in [2.75, 3.05) is 13.2 Å². The van der Waals surface area contributed by atoms with Gasteiger partial charge in [0.05, 0.1) is 6.61 Å². The van der Waals surface area contributed by atoms with Crippen LogP contribution in [-0.4, -0.2) is 36.4 Å². The van der Waals surface area contributed by atoms with Crippen molar-refractivity contribution in [1.82, 2.24) is 0 Å². The smallest absolute Gasteiger partial charge is 0.306 e. The molecule has 0 aromatic carbocycles. The Morgan fingerprint density at radius 3 is 1.11 bits per heavy atom.